The summed E-state index contributed by atoms with van der Waals surface area (Å²) in [5, 5.41) is 0.663. The fourth-order valence-electron chi connectivity index (χ4n) is 1.37. The first kappa shape index (κ1) is 11.3. The molecule has 1 saturated heterocycles. The Balaban J connectivity index is 2.05. The monoisotopic (exact) mass is 205 g/mol. The molecule has 13 heavy (non-hydrogen) atoms. The second-order valence-corrected chi connectivity index (χ2v) is 4.77. The summed E-state index contributed by atoms with van der Waals surface area (Å²) < 4.78 is 4.89. The molecule has 1 rings (SSSR count). The van der Waals surface area contributed by atoms with Gasteiger partial charge in [0.05, 0.1) is 13.2 Å². The van der Waals surface area contributed by atoms with Crippen LogP contribution in [0.25, 0.3) is 0 Å². The summed E-state index contributed by atoms with van der Waals surface area (Å²) in [6.45, 7) is 3.53. The molecule has 0 bridgehead atoms. The predicted octanol–water partition coefficient (Wildman–Crippen LogP) is 1.44. The molecular weight excluding hydrogens is 186 g/mol. The lowest BCUT2D eigenvalue weighted by Gasteiger charge is -2.28. The van der Waals surface area contributed by atoms with Gasteiger partial charge in [-0.15, -0.1) is 0 Å². The molecule has 0 amide bonds. The Morgan fingerprint density at radius 3 is 3.00 bits per heavy atom. The first-order chi connectivity index (χ1) is 6.34. The van der Waals surface area contributed by atoms with Crippen molar-refractivity contribution in [2.45, 2.75) is 31.1 Å². The Morgan fingerprint density at radius 1 is 1.46 bits per heavy atom. The van der Waals surface area contributed by atoms with Crippen molar-refractivity contribution >= 4 is 11.8 Å². The van der Waals surface area contributed by atoms with Crippen LogP contribution in [0, 0.1) is 0 Å². The SMILES string of the molecule is COCCONC1CCCSC1C. The molecule has 0 spiro atoms. The van der Waals surface area contributed by atoms with E-state index in [-0.39, 0.29) is 0 Å². The van der Waals surface area contributed by atoms with E-state index in [0.717, 1.165) is 0 Å². The highest BCUT2D eigenvalue weighted by Gasteiger charge is 2.21. The van der Waals surface area contributed by atoms with Crippen molar-refractivity contribution in [2.24, 2.45) is 0 Å². The van der Waals surface area contributed by atoms with E-state index in [1.54, 1.807) is 7.11 Å². The van der Waals surface area contributed by atoms with E-state index >= 15 is 0 Å². The van der Waals surface area contributed by atoms with Gasteiger partial charge in [-0.25, -0.2) is 0 Å². The highest BCUT2D eigenvalue weighted by atomic mass is 32.2. The number of rotatable bonds is 5. The van der Waals surface area contributed by atoms with Gasteiger partial charge in [0, 0.05) is 18.4 Å². The number of hydrogen-bond donors (Lipinski definition) is 1. The van der Waals surface area contributed by atoms with Gasteiger partial charge >= 0.3 is 0 Å². The molecule has 3 nitrogen and oxygen atoms in total. The van der Waals surface area contributed by atoms with Crippen LogP contribution in [0.4, 0.5) is 0 Å². The molecule has 0 radical (unpaired) electrons. The highest BCUT2D eigenvalue weighted by molar-refractivity contribution is 7.99. The second kappa shape index (κ2) is 6.65. The normalized spacial score (nSPS) is 29.1. The van der Waals surface area contributed by atoms with Gasteiger partial charge in [-0.1, -0.05) is 6.92 Å². The molecule has 0 aromatic heterocycles. The Morgan fingerprint density at radius 2 is 2.31 bits per heavy atom. The van der Waals surface area contributed by atoms with E-state index in [1.165, 1.54) is 18.6 Å². The highest BCUT2D eigenvalue weighted by Crippen LogP contribution is 2.24. The average molecular weight is 205 g/mol. The van der Waals surface area contributed by atoms with Crippen molar-refractivity contribution in [3.05, 3.63) is 0 Å². The molecule has 0 saturated carbocycles. The summed E-state index contributed by atoms with van der Waals surface area (Å²) in [6, 6.07) is 0.510. The van der Waals surface area contributed by atoms with Crippen molar-refractivity contribution in [3.8, 4) is 0 Å². The van der Waals surface area contributed by atoms with Crippen molar-refractivity contribution < 1.29 is 9.57 Å². The summed E-state index contributed by atoms with van der Waals surface area (Å²) in [6.07, 6.45) is 2.52. The van der Waals surface area contributed by atoms with E-state index in [4.69, 9.17) is 9.57 Å². The number of hydroxylamine groups is 1. The number of hydrogen-bond acceptors (Lipinski definition) is 4. The smallest absolute Gasteiger partial charge is 0.0916 e. The first-order valence-electron chi connectivity index (χ1n) is 4.82. The minimum absolute atomic E-state index is 0.510. The summed E-state index contributed by atoms with van der Waals surface area (Å²) in [5.41, 5.74) is 3.11. The third kappa shape index (κ3) is 4.31. The summed E-state index contributed by atoms with van der Waals surface area (Å²) in [5.74, 6) is 1.29. The molecular formula is C9H19NO2S. The zero-order valence-corrected chi connectivity index (χ0v) is 9.23. The molecule has 0 aromatic carbocycles. The Kier molecular flexibility index (Phi) is 5.78. The van der Waals surface area contributed by atoms with Crippen molar-refractivity contribution in [3.63, 3.8) is 0 Å². The molecule has 1 N–H and O–H groups in total. The molecule has 78 valence electrons. The van der Waals surface area contributed by atoms with Crippen molar-refractivity contribution in [2.75, 3.05) is 26.1 Å². The van der Waals surface area contributed by atoms with E-state index in [0.29, 0.717) is 24.5 Å². The third-order valence-corrected chi connectivity index (χ3v) is 3.61. The maximum Gasteiger partial charge on any atom is 0.0916 e. The van der Waals surface area contributed by atoms with Crippen LogP contribution in [0.3, 0.4) is 0 Å². The van der Waals surface area contributed by atoms with Crippen LogP contribution in [0.5, 0.6) is 0 Å². The molecule has 0 aliphatic carbocycles. The van der Waals surface area contributed by atoms with Gasteiger partial charge in [0.1, 0.15) is 0 Å². The zero-order chi connectivity index (χ0) is 9.52. The van der Waals surface area contributed by atoms with Crippen LogP contribution in [-0.2, 0) is 9.57 Å². The number of methoxy groups -OCH3 is 1. The van der Waals surface area contributed by atoms with Gasteiger partial charge in [-0.3, -0.25) is 4.84 Å². The maximum atomic E-state index is 5.30. The second-order valence-electron chi connectivity index (χ2n) is 3.28. The van der Waals surface area contributed by atoms with Crippen LogP contribution in [0.15, 0.2) is 0 Å². The third-order valence-electron chi connectivity index (χ3n) is 2.23. The largest absolute Gasteiger partial charge is 0.382 e. The first-order valence-corrected chi connectivity index (χ1v) is 5.87. The standard InChI is InChI=1S/C9H19NO2S/c1-8-9(4-3-7-13-8)10-12-6-5-11-2/h8-10H,3-7H2,1-2H3. The molecule has 1 heterocycles. The summed E-state index contributed by atoms with van der Waals surface area (Å²) >= 11 is 2.02. The van der Waals surface area contributed by atoms with Crippen LogP contribution < -0.4 is 5.48 Å². The zero-order valence-electron chi connectivity index (χ0n) is 8.41. The van der Waals surface area contributed by atoms with Crippen LogP contribution >= 0.6 is 11.8 Å². The molecule has 0 aromatic rings. The lowest BCUT2D eigenvalue weighted by Crippen LogP contribution is -2.39. The topological polar surface area (TPSA) is 30.5 Å². The maximum absolute atomic E-state index is 5.30. The molecule has 2 atom stereocenters. The minimum Gasteiger partial charge on any atom is -0.382 e. The van der Waals surface area contributed by atoms with E-state index in [9.17, 15) is 0 Å². The number of thioether (sulfide) groups is 1. The molecule has 4 heteroatoms. The quantitative estimate of drug-likeness (QED) is 0.543. The lowest BCUT2D eigenvalue weighted by molar-refractivity contribution is -0.0135. The van der Waals surface area contributed by atoms with Gasteiger partial charge in [-0.05, 0) is 18.6 Å². The Labute approximate surface area is 84.5 Å². The minimum atomic E-state index is 0.510. The van der Waals surface area contributed by atoms with Crippen LogP contribution in [0.1, 0.15) is 19.8 Å². The Hall–Kier alpha value is 0.230. The number of nitrogens with one attached hydrogen (secondary N) is 1. The van der Waals surface area contributed by atoms with E-state index in [2.05, 4.69) is 12.4 Å². The van der Waals surface area contributed by atoms with E-state index in [1.807, 2.05) is 11.8 Å². The molecule has 1 aliphatic rings. The molecule has 1 fully saturated rings. The van der Waals surface area contributed by atoms with Gasteiger partial charge in [0.15, 0.2) is 0 Å². The molecule has 2 unspecified atom stereocenters. The van der Waals surface area contributed by atoms with Crippen molar-refractivity contribution in [1.29, 1.82) is 0 Å². The number of ether oxygens (including phenoxy) is 1. The lowest BCUT2D eigenvalue weighted by atomic mass is 10.1. The Bertz CT molecular complexity index is 135. The van der Waals surface area contributed by atoms with Gasteiger partial charge < -0.3 is 4.74 Å². The summed E-state index contributed by atoms with van der Waals surface area (Å²) in [7, 11) is 1.68. The van der Waals surface area contributed by atoms with Crippen LogP contribution in [-0.4, -0.2) is 37.4 Å². The fourth-order valence-corrected chi connectivity index (χ4v) is 2.50. The van der Waals surface area contributed by atoms with Crippen LogP contribution in [0.2, 0.25) is 0 Å². The van der Waals surface area contributed by atoms with Gasteiger partial charge in [-0.2, -0.15) is 17.2 Å². The summed E-state index contributed by atoms with van der Waals surface area (Å²) in [4.78, 5) is 5.30. The van der Waals surface area contributed by atoms with Crippen molar-refractivity contribution in [1.82, 2.24) is 5.48 Å². The van der Waals surface area contributed by atoms with Gasteiger partial charge in [0.2, 0.25) is 0 Å². The molecule has 1 aliphatic heterocycles. The average Bonchev–Trinajstić information content (AvgIpc) is 2.15. The van der Waals surface area contributed by atoms with E-state index < -0.39 is 0 Å². The predicted molar refractivity (Wildman–Crippen MR) is 55.9 cm³/mol. The van der Waals surface area contributed by atoms with Gasteiger partial charge in [0.25, 0.3) is 0 Å². The fraction of sp³-hybridized carbons (Fsp3) is 1.00.